The van der Waals surface area contributed by atoms with Crippen molar-refractivity contribution in [1.82, 2.24) is 0 Å². The van der Waals surface area contributed by atoms with E-state index in [2.05, 4.69) is 4.99 Å². The number of carbonyl (C=O) groups is 2. The number of benzene rings is 3. The number of hydrogen-bond donors (Lipinski definition) is 0. The Morgan fingerprint density at radius 2 is 1.43 bits per heavy atom. The standard InChI is InChI=1S/C27H26F3NO4/c1-16(2)34-25(32)24(26(33)35-17(3)4)22-12-11-21(27(28,29)30)14-23(22)31-15-18-9-10-19-7-5-6-8-20(19)13-18/h5-17,24H,1-4H3. The molecule has 0 amide bonds. The molecule has 3 aromatic carbocycles. The second-order valence-electron chi connectivity index (χ2n) is 8.54. The van der Waals surface area contributed by atoms with E-state index < -0.39 is 41.8 Å². The van der Waals surface area contributed by atoms with Crippen LogP contribution in [0.4, 0.5) is 18.9 Å². The number of aliphatic imine (C=N–C) groups is 1. The fraction of sp³-hybridized carbons (Fsp3) is 0.296. The van der Waals surface area contributed by atoms with E-state index in [9.17, 15) is 22.8 Å². The summed E-state index contributed by atoms with van der Waals surface area (Å²) in [6, 6.07) is 15.8. The van der Waals surface area contributed by atoms with Gasteiger partial charge in [-0.25, -0.2) is 0 Å². The first-order valence-electron chi connectivity index (χ1n) is 11.1. The Labute approximate surface area is 201 Å². The number of ether oxygens (including phenoxy) is 2. The summed E-state index contributed by atoms with van der Waals surface area (Å²) < 4.78 is 50.8. The summed E-state index contributed by atoms with van der Waals surface area (Å²) in [5, 5.41) is 1.93. The number of esters is 2. The van der Waals surface area contributed by atoms with Crippen molar-refractivity contribution in [3.8, 4) is 0 Å². The number of hydrogen-bond acceptors (Lipinski definition) is 5. The van der Waals surface area contributed by atoms with Crippen molar-refractivity contribution in [3.05, 3.63) is 77.4 Å². The molecule has 0 unspecified atom stereocenters. The van der Waals surface area contributed by atoms with Crippen LogP contribution in [0.1, 0.15) is 50.3 Å². The fourth-order valence-corrected chi connectivity index (χ4v) is 3.46. The van der Waals surface area contributed by atoms with Gasteiger partial charge in [-0.1, -0.05) is 42.5 Å². The maximum Gasteiger partial charge on any atom is 0.416 e. The fourth-order valence-electron chi connectivity index (χ4n) is 3.46. The molecule has 0 aliphatic carbocycles. The van der Waals surface area contributed by atoms with E-state index in [0.29, 0.717) is 5.56 Å². The molecule has 0 aliphatic rings. The van der Waals surface area contributed by atoms with Crippen molar-refractivity contribution < 1.29 is 32.2 Å². The van der Waals surface area contributed by atoms with Crippen LogP contribution >= 0.6 is 0 Å². The average Bonchev–Trinajstić information content (AvgIpc) is 2.76. The zero-order valence-electron chi connectivity index (χ0n) is 19.8. The van der Waals surface area contributed by atoms with Crippen LogP contribution < -0.4 is 0 Å². The van der Waals surface area contributed by atoms with Crippen LogP contribution in [0.3, 0.4) is 0 Å². The number of nitrogens with zero attached hydrogens (tertiary/aromatic N) is 1. The maximum atomic E-state index is 13.5. The summed E-state index contributed by atoms with van der Waals surface area (Å²) in [6.45, 7) is 6.42. The molecule has 0 aliphatic heterocycles. The first kappa shape index (κ1) is 25.9. The molecule has 3 aromatic rings. The second kappa shape index (κ2) is 10.7. The highest BCUT2D eigenvalue weighted by molar-refractivity contribution is 6.02. The highest BCUT2D eigenvalue weighted by Crippen LogP contribution is 2.37. The van der Waals surface area contributed by atoms with Crippen molar-refractivity contribution in [2.75, 3.05) is 0 Å². The van der Waals surface area contributed by atoms with E-state index in [0.717, 1.165) is 29.0 Å². The Morgan fingerprint density at radius 1 is 0.829 bits per heavy atom. The first-order chi connectivity index (χ1) is 16.5. The molecule has 8 heteroatoms. The quantitative estimate of drug-likeness (QED) is 0.215. The van der Waals surface area contributed by atoms with Gasteiger partial charge >= 0.3 is 18.1 Å². The Bertz CT molecular complexity index is 1230. The molecule has 5 nitrogen and oxygen atoms in total. The molecule has 0 fully saturated rings. The monoisotopic (exact) mass is 485 g/mol. The lowest BCUT2D eigenvalue weighted by molar-refractivity contribution is -0.161. The van der Waals surface area contributed by atoms with Gasteiger partial charge in [0.05, 0.1) is 23.5 Å². The molecule has 184 valence electrons. The normalized spacial score (nSPS) is 12.2. The van der Waals surface area contributed by atoms with E-state index in [1.54, 1.807) is 33.8 Å². The number of rotatable bonds is 7. The molecule has 0 radical (unpaired) electrons. The summed E-state index contributed by atoms with van der Waals surface area (Å²) in [7, 11) is 0. The second-order valence-corrected chi connectivity index (χ2v) is 8.54. The zero-order valence-corrected chi connectivity index (χ0v) is 19.8. The molecule has 3 rings (SSSR count). The van der Waals surface area contributed by atoms with E-state index in [1.807, 2.05) is 36.4 Å². The molecule has 0 spiro atoms. The summed E-state index contributed by atoms with van der Waals surface area (Å²) in [4.78, 5) is 29.9. The minimum atomic E-state index is -4.64. The van der Waals surface area contributed by atoms with Gasteiger partial charge in [-0.15, -0.1) is 0 Å². The lowest BCUT2D eigenvalue weighted by Crippen LogP contribution is -2.29. The molecule has 0 saturated carbocycles. The van der Waals surface area contributed by atoms with Crippen LogP contribution in [-0.2, 0) is 25.2 Å². The van der Waals surface area contributed by atoms with E-state index in [4.69, 9.17) is 9.47 Å². The summed E-state index contributed by atoms with van der Waals surface area (Å²) in [5.41, 5.74) is -0.538. The zero-order chi connectivity index (χ0) is 25.8. The van der Waals surface area contributed by atoms with Crippen LogP contribution in [0, 0.1) is 0 Å². The van der Waals surface area contributed by atoms with Crippen molar-refractivity contribution in [3.63, 3.8) is 0 Å². The lowest BCUT2D eigenvalue weighted by Gasteiger charge is -2.20. The van der Waals surface area contributed by atoms with E-state index in [1.165, 1.54) is 6.21 Å². The molecule has 0 heterocycles. The Balaban J connectivity index is 2.11. The highest BCUT2D eigenvalue weighted by Gasteiger charge is 2.37. The molecular formula is C27H26F3NO4. The molecule has 0 N–H and O–H groups in total. The van der Waals surface area contributed by atoms with Gasteiger partial charge in [0.2, 0.25) is 0 Å². The predicted molar refractivity (Wildman–Crippen MR) is 128 cm³/mol. The van der Waals surface area contributed by atoms with Crippen LogP contribution in [0.25, 0.3) is 10.8 Å². The molecule has 0 saturated heterocycles. The first-order valence-corrected chi connectivity index (χ1v) is 11.1. The number of alkyl halides is 3. The SMILES string of the molecule is CC(C)OC(=O)C(C(=O)OC(C)C)c1ccc(C(F)(F)F)cc1N=Cc1ccc2ccccc2c1. The molecule has 0 atom stereocenters. The minimum absolute atomic E-state index is 0.0358. The topological polar surface area (TPSA) is 65.0 Å². The third-order valence-electron chi connectivity index (χ3n) is 4.97. The van der Waals surface area contributed by atoms with Gasteiger partial charge in [0, 0.05) is 11.8 Å². The van der Waals surface area contributed by atoms with Gasteiger partial charge in [-0.05, 0) is 62.2 Å². The van der Waals surface area contributed by atoms with Gasteiger partial charge < -0.3 is 9.47 Å². The summed E-state index contributed by atoms with van der Waals surface area (Å²) in [6.07, 6.45) is -4.34. The van der Waals surface area contributed by atoms with Crippen LogP contribution in [0.5, 0.6) is 0 Å². The van der Waals surface area contributed by atoms with Gasteiger partial charge in [0.25, 0.3) is 0 Å². The van der Waals surface area contributed by atoms with Crippen molar-refractivity contribution in [2.24, 2.45) is 4.99 Å². The Hall–Kier alpha value is -3.68. The molecular weight excluding hydrogens is 459 g/mol. The largest absolute Gasteiger partial charge is 0.462 e. The van der Waals surface area contributed by atoms with Crippen molar-refractivity contribution >= 4 is 34.6 Å². The number of halogens is 3. The molecule has 0 aromatic heterocycles. The van der Waals surface area contributed by atoms with Gasteiger partial charge in [0.15, 0.2) is 5.92 Å². The van der Waals surface area contributed by atoms with Gasteiger partial charge in [-0.2, -0.15) is 13.2 Å². The van der Waals surface area contributed by atoms with Gasteiger partial charge in [0.1, 0.15) is 0 Å². The van der Waals surface area contributed by atoms with Crippen molar-refractivity contribution in [1.29, 1.82) is 0 Å². The van der Waals surface area contributed by atoms with Crippen LogP contribution in [0.2, 0.25) is 0 Å². The average molecular weight is 486 g/mol. The predicted octanol–water partition coefficient (Wildman–Crippen LogP) is 6.60. The number of carbonyl (C=O) groups excluding carboxylic acids is 2. The van der Waals surface area contributed by atoms with Crippen molar-refractivity contribution in [2.45, 2.75) is 52.0 Å². The Morgan fingerprint density at radius 3 is 2.00 bits per heavy atom. The van der Waals surface area contributed by atoms with E-state index in [-0.39, 0.29) is 11.3 Å². The lowest BCUT2D eigenvalue weighted by atomic mass is 9.95. The van der Waals surface area contributed by atoms with Crippen LogP contribution in [0.15, 0.2) is 65.7 Å². The third-order valence-corrected chi connectivity index (χ3v) is 4.97. The maximum absolute atomic E-state index is 13.5. The smallest absolute Gasteiger partial charge is 0.416 e. The number of fused-ring (bicyclic) bond motifs is 1. The third kappa shape index (κ3) is 6.68. The molecule has 0 bridgehead atoms. The van der Waals surface area contributed by atoms with Gasteiger partial charge in [-0.3, -0.25) is 14.6 Å². The van der Waals surface area contributed by atoms with Crippen LogP contribution in [-0.4, -0.2) is 30.4 Å². The Kier molecular flexibility index (Phi) is 7.94. The minimum Gasteiger partial charge on any atom is -0.462 e. The molecule has 35 heavy (non-hydrogen) atoms. The summed E-state index contributed by atoms with van der Waals surface area (Å²) in [5.74, 6) is -3.44. The summed E-state index contributed by atoms with van der Waals surface area (Å²) >= 11 is 0. The highest BCUT2D eigenvalue weighted by atomic mass is 19.4. The van der Waals surface area contributed by atoms with E-state index >= 15 is 0 Å².